The van der Waals surface area contributed by atoms with Crippen molar-refractivity contribution in [1.29, 1.82) is 0 Å². The van der Waals surface area contributed by atoms with Crippen LogP contribution >= 0.6 is 0 Å². The lowest BCUT2D eigenvalue weighted by Gasteiger charge is -2.33. The average molecular weight is 193 g/mol. The van der Waals surface area contributed by atoms with E-state index in [-0.39, 0.29) is 0 Å². The molecule has 1 N–H and O–H groups in total. The van der Waals surface area contributed by atoms with Crippen molar-refractivity contribution in [3.8, 4) is 0 Å². The third-order valence-corrected chi connectivity index (χ3v) is 3.17. The Morgan fingerprint density at radius 3 is 2.64 bits per heavy atom. The number of nitrogens with zero attached hydrogens (tertiary/aromatic N) is 2. The number of H-pyrrole nitrogens is 1. The molecular formula is C11H19N3. The molecule has 0 spiro atoms. The number of aromatic amines is 1. The molecule has 14 heavy (non-hydrogen) atoms. The van der Waals surface area contributed by atoms with Gasteiger partial charge in [-0.15, -0.1) is 0 Å². The van der Waals surface area contributed by atoms with E-state index >= 15 is 0 Å². The molecule has 0 unspecified atom stereocenters. The summed E-state index contributed by atoms with van der Waals surface area (Å²) in [6.07, 6.45) is 6.26. The summed E-state index contributed by atoms with van der Waals surface area (Å²) in [5.41, 5.74) is 0. The van der Waals surface area contributed by atoms with E-state index < -0.39 is 0 Å². The fourth-order valence-corrected chi connectivity index (χ4v) is 2.19. The van der Waals surface area contributed by atoms with Crippen LogP contribution in [0.25, 0.3) is 0 Å². The first-order valence-corrected chi connectivity index (χ1v) is 5.50. The number of rotatable bonds is 2. The van der Waals surface area contributed by atoms with Crippen LogP contribution in [0.4, 0.5) is 0 Å². The largest absolute Gasteiger partial charge is 0.348 e. The van der Waals surface area contributed by atoms with Crippen LogP contribution < -0.4 is 0 Å². The van der Waals surface area contributed by atoms with Gasteiger partial charge in [0.1, 0.15) is 5.82 Å². The van der Waals surface area contributed by atoms with Gasteiger partial charge in [-0.05, 0) is 39.8 Å². The van der Waals surface area contributed by atoms with Gasteiger partial charge in [-0.25, -0.2) is 4.98 Å². The maximum atomic E-state index is 4.34. The Labute approximate surface area is 85.5 Å². The molecule has 1 aromatic rings. The van der Waals surface area contributed by atoms with Crippen molar-refractivity contribution in [3.63, 3.8) is 0 Å². The van der Waals surface area contributed by atoms with Crippen LogP contribution in [0.15, 0.2) is 12.4 Å². The molecule has 3 nitrogen and oxygen atoms in total. The summed E-state index contributed by atoms with van der Waals surface area (Å²) in [5, 5.41) is 0. The predicted molar refractivity (Wildman–Crippen MR) is 57.3 cm³/mol. The van der Waals surface area contributed by atoms with Gasteiger partial charge in [0.2, 0.25) is 0 Å². The topological polar surface area (TPSA) is 31.9 Å². The second-order valence-electron chi connectivity index (χ2n) is 4.38. The van der Waals surface area contributed by atoms with Gasteiger partial charge in [0.05, 0.1) is 0 Å². The molecule has 1 aliphatic heterocycles. The highest BCUT2D eigenvalue weighted by atomic mass is 15.1. The zero-order valence-corrected chi connectivity index (χ0v) is 9.03. The minimum absolute atomic E-state index is 0.653. The van der Waals surface area contributed by atoms with Crippen LogP contribution in [0, 0.1) is 0 Å². The van der Waals surface area contributed by atoms with E-state index in [4.69, 9.17) is 0 Å². The van der Waals surface area contributed by atoms with E-state index in [1.807, 2.05) is 12.4 Å². The summed E-state index contributed by atoms with van der Waals surface area (Å²) >= 11 is 0. The monoisotopic (exact) mass is 193 g/mol. The van der Waals surface area contributed by atoms with Gasteiger partial charge in [0, 0.05) is 24.4 Å². The Hall–Kier alpha value is -0.830. The lowest BCUT2D eigenvalue weighted by molar-refractivity contribution is 0.170. The Balaban J connectivity index is 1.90. The van der Waals surface area contributed by atoms with Gasteiger partial charge >= 0.3 is 0 Å². The van der Waals surface area contributed by atoms with E-state index in [1.165, 1.54) is 31.8 Å². The second kappa shape index (κ2) is 4.13. The molecule has 0 bridgehead atoms. The molecule has 1 aliphatic rings. The maximum absolute atomic E-state index is 4.34. The first-order chi connectivity index (χ1) is 6.77. The molecule has 0 aliphatic carbocycles. The van der Waals surface area contributed by atoms with Gasteiger partial charge in [0.15, 0.2) is 0 Å². The zero-order valence-electron chi connectivity index (χ0n) is 9.03. The second-order valence-corrected chi connectivity index (χ2v) is 4.38. The number of aromatic nitrogens is 2. The van der Waals surface area contributed by atoms with Crippen LogP contribution in [0.1, 0.15) is 38.4 Å². The van der Waals surface area contributed by atoms with Crippen molar-refractivity contribution < 1.29 is 0 Å². The summed E-state index contributed by atoms with van der Waals surface area (Å²) in [7, 11) is 0. The van der Waals surface area contributed by atoms with Crippen LogP contribution in [-0.2, 0) is 0 Å². The first kappa shape index (κ1) is 9.71. The van der Waals surface area contributed by atoms with Crippen LogP contribution in [0.2, 0.25) is 0 Å². The molecule has 0 aromatic carbocycles. The molecule has 1 saturated heterocycles. The number of hydrogen-bond donors (Lipinski definition) is 1. The van der Waals surface area contributed by atoms with Gasteiger partial charge in [-0.1, -0.05) is 0 Å². The lowest BCUT2D eigenvalue weighted by atomic mass is 9.95. The van der Waals surface area contributed by atoms with Crippen molar-refractivity contribution in [3.05, 3.63) is 18.2 Å². The molecule has 0 amide bonds. The molecule has 1 fully saturated rings. The Morgan fingerprint density at radius 2 is 2.14 bits per heavy atom. The quantitative estimate of drug-likeness (QED) is 0.779. The van der Waals surface area contributed by atoms with Gasteiger partial charge in [-0.2, -0.15) is 0 Å². The van der Waals surface area contributed by atoms with Crippen molar-refractivity contribution in [2.45, 2.75) is 38.6 Å². The fourth-order valence-electron chi connectivity index (χ4n) is 2.19. The summed E-state index contributed by atoms with van der Waals surface area (Å²) in [5.74, 6) is 1.83. The highest BCUT2D eigenvalue weighted by molar-refractivity contribution is 4.99. The molecule has 2 rings (SSSR count). The zero-order chi connectivity index (χ0) is 9.97. The van der Waals surface area contributed by atoms with Crippen LogP contribution in [0.5, 0.6) is 0 Å². The third kappa shape index (κ3) is 1.98. The smallest absolute Gasteiger partial charge is 0.109 e. The van der Waals surface area contributed by atoms with Crippen molar-refractivity contribution in [2.24, 2.45) is 0 Å². The van der Waals surface area contributed by atoms with Crippen molar-refractivity contribution in [1.82, 2.24) is 14.9 Å². The van der Waals surface area contributed by atoms with Gasteiger partial charge in [0.25, 0.3) is 0 Å². The predicted octanol–water partition coefficient (Wildman–Crippen LogP) is 2.00. The maximum Gasteiger partial charge on any atom is 0.109 e. The molecule has 1 aromatic heterocycles. The van der Waals surface area contributed by atoms with E-state index in [9.17, 15) is 0 Å². The van der Waals surface area contributed by atoms with Crippen molar-refractivity contribution in [2.75, 3.05) is 13.1 Å². The highest BCUT2D eigenvalue weighted by Gasteiger charge is 2.22. The molecule has 2 heterocycles. The van der Waals surface area contributed by atoms with E-state index in [2.05, 4.69) is 28.7 Å². The number of imidazole rings is 1. The van der Waals surface area contributed by atoms with Gasteiger partial charge < -0.3 is 9.88 Å². The lowest BCUT2D eigenvalue weighted by Crippen LogP contribution is -2.38. The summed E-state index contributed by atoms with van der Waals surface area (Å²) in [6.45, 7) is 6.96. The minimum Gasteiger partial charge on any atom is -0.348 e. The number of piperidine rings is 1. The van der Waals surface area contributed by atoms with Crippen molar-refractivity contribution >= 4 is 0 Å². The minimum atomic E-state index is 0.653. The average Bonchev–Trinajstić information content (AvgIpc) is 2.71. The SMILES string of the molecule is CC(C)N1CCC(c2ncc[nH]2)CC1. The Bertz CT molecular complexity index is 258. The fraction of sp³-hybridized carbons (Fsp3) is 0.727. The van der Waals surface area contributed by atoms with Gasteiger partial charge in [-0.3, -0.25) is 0 Å². The Kier molecular flexibility index (Phi) is 2.87. The number of nitrogens with one attached hydrogen (secondary N) is 1. The summed E-state index contributed by atoms with van der Waals surface area (Å²) in [6, 6.07) is 0.688. The molecule has 0 radical (unpaired) electrons. The van der Waals surface area contributed by atoms with Crippen LogP contribution in [0.3, 0.4) is 0 Å². The number of hydrogen-bond acceptors (Lipinski definition) is 2. The summed E-state index contributed by atoms with van der Waals surface area (Å²) < 4.78 is 0. The normalized spacial score (nSPS) is 20.5. The molecule has 3 heteroatoms. The third-order valence-electron chi connectivity index (χ3n) is 3.17. The van der Waals surface area contributed by atoms with E-state index in [1.54, 1.807) is 0 Å². The Morgan fingerprint density at radius 1 is 1.43 bits per heavy atom. The first-order valence-electron chi connectivity index (χ1n) is 5.50. The standard InChI is InChI=1S/C11H19N3/c1-9(2)14-7-3-10(4-8-14)11-12-5-6-13-11/h5-6,9-10H,3-4,7-8H2,1-2H3,(H,12,13). The van der Waals surface area contributed by atoms with Crippen LogP contribution in [-0.4, -0.2) is 34.0 Å². The molecule has 0 saturated carbocycles. The highest BCUT2D eigenvalue weighted by Crippen LogP contribution is 2.25. The summed E-state index contributed by atoms with van der Waals surface area (Å²) in [4.78, 5) is 10.1. The van der Waals surface area contributed by atoms with E-state index in [0.29, 0.717) is 12.0 Å². The molecule has 78 valence electrons. The van der Waals surface area contributed by atoms with E-state index in [0.717, 1.165) is 0 Å². The molecular weight excluding hydrogens is 174 g/mol. The molecule has 0 atom stereocenters. The number of likely N-dealkylation sites (tertiary alicyclic amines) is 1.